The number of aromatic nitrogens is 2. The van der Waals surface area contributed by atoms with E-state index in [1.165, 1.54) is 0 Å². The zero-order chi connectivity index (χ0) is 11.3. The molecular weight excluding hydrogens is 306 g/mol. The molecule has 1 aromatic heterocycles. The maximum Gasteiger partial charge on any atom is 0.514 e. The van der Waals surface area contributed by atoms with E-state index < -0.39 is 0 Å². The van der Waals surface area contributed by atoms with Crippen LogP contribution in [0.1, 0.15) is 20.8 Å². The Balaban J connectivity index is 2.27. The van der Waals surface area contributed by atoms with Gasteiger partial charge in [0.05, 0.1) is 11.2 Å². The Hall–Kier alpha value is -0.0751. The molecule has 1 aromatic rings. The SMILES string of the molecule is Cn1nccc1B1OC(C)(C)C(C)(I)O1. The standard InChI is InChI=1S/C9H14BIN2O2/c1-8(2)9(3,11)15-10(14-8)7-5-6-12-13(7)4/h5-6H,1-4H3. The smallest absolute Gasteiger partial charge is 0.397 e. The summed E-state index contributed by atoms with van der Waals surface area (Å²) in [5.74, 6) is 0. The molecule has 0 N–H and O–H groups in total. The lowest BCUT2D eigenvalue weighted by atomic mass is 9.85. The summed E-state index contributed by atoms with van der Waals surface area (Å²) in [6, 6.07) is 1.92. The van der Waals surface area contributed by atoms with Gasteiger partial charge in [-0.15, -0.1) is 0 Å². The molecule has 1 unspecified atom stereocenters. The molecule has 0 amide bonds. The predicted molar refractivity (Wildman–Crippen MR) is 67.3 cm³/mol. The van der Waals surface area contributed by atoms with Crippen LogP contribution in [0.25, 0.3) is 0 Å². The third-order valence-electron chi connectivity index (χ3n) is 2.91. The number of aryl methyl sites for hydroxylation is 1. The largest absolute Gasteiger partial charge is 0.514 e. The van der Waals surface area contributed by atoms with E-state index in [2.05, 4.69) is 27.7 Å². The molecule has 1 saturated heterocycles. The molecule has 2 rings (SSSR count). The first-order chi connectivity index (χ1) is 6.83. The van der Waals surface area contributed by atoms with Crippen LogP contribution in [0.15, 0.2) is 12.3 Å². The second-order valence-electron chi connectivity index (χ2n) is 4.37. The number of rotatable bonds is 1. The van der Waals surface area contributed by atoms with Crippen LogP contribution in [0.5, 0.6) is 0 Å². The van der Waals surface area contributed by atoms with Gasteiger partial charge < -0.3 is 9.31 Å². The van der Waals surface area contributed by atoms with Crippen molar-refractivity contribution in [3.05, 3.63) is 12.3 Å². The van der Waals surface area contributed by atoms with Crippen LogP contribution in [-0.2, 0) is 16.4 Å². The van der Waals surface area contributed by atoms with E-state index in [4.69, 9.17) is 9.31 Å². The zero-order valence-electron chi connectivity index (χ0n) is 9.32. The van der Waals surface area contributed by atoms with E-state index in [1.54, 1.807) is 10.9 Å². The van der Waals surface area contributed by atoms with Crippen molar-refractivity contribution in [1.29, 1.82) is 0 Å². The van der Waals surface area contributed by atoms with E-state index in [-0.39, 0.29) is 16.3 Å². The highest BCUT2D eigenvalue weighted by atomic mass is 127. The molecule has 0 saturated carbocycles. The number of hydrogen-bond acceptors (Lipinski definition) is 3. The Bertz CT molecular complexity index is 362. The molecule has 15 heavy (non-hydrogen) atoms. The van der Waals surface area contributed by atoms with Crippen LogP contribution in [0.3, 0.4) is 0 Å². The lowest BCUT2D eigenvalue weighted by molar-refractivity contribution is 0.0726. The summed E-state index contributed by atoms with van der Waals surface area (Å²) in [6.07, 6.45) is 1.75. The normalized spacial score (nSPS) is 29.8. The van der Waals surface area contributed by atoms with Gasteiger partial charge in [-0.1, -0.05) is 0 Å². The van der Waals surface area contributed by atoms with Gasteiger partial charge in [0.15, 0.2) is 0 Å². The second-order valence-corrected chi connectivity index (χ2v) is 6.43. The van der Waals surface area contributed by atoms with E-state index >= 15 is 0 Å². The topological polar surface area (TPSA) is 36.3 Å². The van der Waals surface area contributed by atoms with Crippen LogP contribution in [0.2, 0.25) is 0 Å². The van der Waals surface area contributed by atoms with Gasteiger partial charge in [-0.2, -0.15) is 5.10 Å². The van der Waals surface area contributed by atoms with Crippen molar-refractivity contribution in [2.75, 3.05) is 0 Å². The van der Waals surface area contributed by atoms with Gasteiger partial charge in [-0.25, -0.2) is 0 Å². The summed E-state index contributed by atoms with van der Waals surface area (Å²) in [5, 5.41) is 4.11. The van der Waals surface area contributed by atoms with E-state index in [1.807, 2.05) is 33.9 Å². The molecule has 1 aliphatic heterocycles. The van der Waals surface area contributed by atoms with Crippen molar-refractivity contribution in [3.63, 3.8) is 0 Å². The Labute approximate surface area is 104 Å². The maximum absolute atomic E-state index is 5.90. The summed E-state index contributed by atoms with van der Waals surface area (Å²) in [6.45, 7) is 6.11. The van der Waals surface area contributed by atoms with E-state index in [0.717, 1.165) is 5.59 Å². The van der Waals surface area contributed by atoms with Gasteiger partial charge in [0.25, 0.3) is 0 Å². The number of halogens is 1. The van der Waals surface area contributed by atoms with Crippen LogP contribution in [-0.4, -0.2) is 26.1 Å². The summed E-state index contributed by atoms with van der Waals surface area (Å²) in [5.41, 5.74) is 0.645. The summed E-state index contributed by atoms with van der Waals surface area (Å²) < 4.78 is 13.2. The number of alkyl halides is 1. The number of nitrogens with zero attached hydrogens (tertiary/aromatic N) is 2. The van der Waals surface area contributed by atoms with Crippen molar-refractivity contribution < 1.29 is 9.31 Å². The molecule has 1 fully saturated rings. The molecule has 0 aliphatic carbocycles. The lowest BCUT2D eigenvalue weighted by Gasteiger charge is -2.30. The third kappa shape index (κ3) is 1.83. The lowest BCUT2D eigenvalue weighted by Crippen LogP contribution is -2.39. The first-order valence-corrected chi connectivity index (χ1v) is 5.94. The summed E-state index contributed by atoms with van der Waals surface area (Å²) in [4.78, 5) is 0. The van der Waals surface area contributed by atoms with Crippen molar-refractivity contribution in [1.82, 2.24) is 9.78 Å². The predicted octanol–water partition coefficient (Wildman–Crippen LogP) is 1.09. The van der Waals surface area contributed by atoms with Gasteiger partial charge in [0.1, 0.15) is 3.61 Å². The summed E-state index contributed by atoms with van der Waals surface area (Å²) >= 11 is 2.28. The molecule has 1 aliphatic rings. The van der Waals surface area contributed by atoms with Gasteiger partial charge in [0.2, 0.25) is 0 Å². The van der Waals surface area contributed by atoms with Crippen LogP contribution >= 0.6 is 22.6 Å². The minimum atomic E-state index is -0.325. The molecule has 0 aromatic carbocycles. The summed E-state index contributed by atoms with van der Waals surface area (Å²) in [7, 11) is 1.56. The molecule has 1 atom stereocenters. The minimum absolute atomic E-state index is 0.303. The fourth-order valence-corrected chi connectivity index (χ4v) is 1.83. The molecule has 0 radical (unpaired) electrons. The monoisotopic (exact) mass is 320 g/mol. The Morgan fingerprint density at radius 2 is 2.07 bits per heavy atom. The minimum Gasteiger partial charge on any atom is -0.397 e. The highest BCUT2D eigenvalue weighted by molar-refractivity contribution is 14.1. The Morgan fingerprint density at radius 1 is 1.40 bits per heavy atom. The first-order valence-electron chi connectivity index (χ1n) is 4.86. The molecule has 0 bridgehead atoms. The molecular formula is C9H14BIN2O2. The van der Waals surface area contributed by atoms with Crippen molar-refractivity contribution in [3.8, 4) is 0 Å². The van der Waals surface area contributed by atoms with Gasteiger partial charge >= 0.3 is 7.12 Å². The van der Waals surface area contributed by atoms with E-state index in [0.29, 0.717) is 0 Å². The molecule has 6 heteroatoms. The van der Waals surface area contributed by atoms with Gasteiger partial charge in [-0.3, -0.25) is 4.68 Å². The average Bonchev–Trinajstić information content (AvgIpc) is 2.55. The van der Waals surface area contributed by atoms with Crippen molar-refractivity contribution in [2.45, 2.75) is 30.0 Å². The zero-order valence-corrected chi connectivity index (χ0v) is 11.5. The van der Waals surface area contributed by atoms with E-state index in [9.17, 15) is 0 Å². The van der Waals surface area contributed by atoms with Crippen LogP contribution in [0.4, 0.5) is 0 Å². The Morgan fingerprint density at radius 3 is 2.47 bits per heavy atom. The quantitative estimate of drug-likeness (QED) is 0.442. The van der Waals surface area contributed by atoms with Gasteiger partial charge in [0, 0.05) is 13.2 Å². The van der Waals surface area contributed by atoms with Gasteiger partial charge in [-0.05, 0) is 49.4 Å². The van der Waals surface area contributed by atoms with Crippen molar-refractivity contribution in [2.24, 2.45) is 7.05 Å². The molecule has 82 valence electrons. The molecule has 4 nitrogen and oxygen atoms in total. The molecule has 0 spiro atoms. The fraction of sp³-hybridized carbons (Fsp3) is 0.667. The maximum atomic E-state index is 5.90. The second kappa shape index (κ2) is 3.46. The Kier molecular flexibility index (Phi) is 2.63. The third-order valence-corrected chi connectivity index (χ3v) is 4.46. The van der Waals surface area contributed by atoms with Crippen LogP contribution < -0.4 is 5.59 Å². The molecule has 2 heterocycles. The highest BCUT2D eigenvalue weighted by Crippen LogP contribution is 2.41. The fourth-order valence-electron chi connectivity index (χ4n) is 1.48. The highest BCUT2D eigenvalue weighted by Gasteiger charge is 2.54. The number of hydrogen-bond donors (Lipinski definition) is 0. The average molecular weight is 320 g/mol. The first kappa shape index (κ1) is 11.4. The van der Waals surface area contributed by atoms with Crippen LogP contribution in [0, 0.1) is 0 Å². The van der Waals surface area contributed by atoms with Crippen molar-refractivity contribution >= 4 is 35.3 Å².